The summed E-state index contributed by atoms with van der Waals surface area (Å²) in [5.41, 5.74) is 1.30. The molecule has 0 aromatic heterocycles. The molecule has 0 spiro atoms. The second-order valence-electron chi connectivity index (χ2n) is 3.92. The van der Waals surface area contributed by atoms with Gasteiger partial charge in [-0.2, -0.15) is 11.8 Å². The number of carbonyl (C=O) groups excluding carboxylic acids is 1. The summed E-state index contributed by atoms with van der Waals surface area (Å²) in [6.07, 6.45) is 6.57. The number of thioether (sulfide) groups is 1. The van der Waals surface area contributed by atoms with Crippen molar-refractivity contribution in [3.63, 3.8) is 0 Å². The van der Waals surface area contributed by atoms with Crippen LogP contribution in [0.4, 0.5) is 0 Å². The molecule has 2 bridgehead atoms. The molecule has 0 amide bonds. The maximum atomic E-state index is 11.2. The van der Waals surface area contributed by atoms with Gasteiger partial charge in [0, 0.05) is 16.6 Å². The fraction of sp³-hybridized carbons (Fsp3) is 0.727. The van der Waals surface area contributed by atoms with E-state index in [4.69, 9.17) is 4.74 Å². The van der Waals surface area contributed by atoms with Gasteiger partial charge in [-0.25, -0.2) is 4.79 Å². The van der Waals surface area contributed by atoms with E-state index in [1.807, 2.05) is 6.92 Å². The fourth-order valence-electron chi connectivity index (χ4n) is 2.22. The van der Waals surface area contributed by atoms with E-state index in [2.05, 4.69) is 11.8 Å². The first-order valence-corrected chi connectivity index (χ1v) is 6.24. The Morgan fingerprint density at radius 2 is 2.14 bits per heavy atom. The van der Waals surface area contributed by atoms with Gasteiger partial charge in [-0.1, -0.05) is 5.57 Å². The SMILES string of the molecule is CCOC(=O)C=C1CC2CCC(C1)S2. The van der Waals surface area contributed by atoms with Crippen LogP contribution in [0.1, 0.15) is 32.6 Å². The summed E-state index contributed by atoms with van der Waals surface area (Å²) >= 11 is 2.10. The van der Waals surface area contributed by atoms with E-state index in [1.165, 1.54) is 18.4 Å². The van der Waals surface area contributed by atoms with Crippen molar-refractivity contribution < 1.29 is 9.53 Å². The molecule has 0 N–H and O–H groups in total. The molecule has 3 heteroatoms. The molecule has 0 aromatic rings. The van der Waals surface area contributed by atoms with Gasteiger partial charge in [-0.05, 0) is 32.6 Å². The van der Waals surface area contributed by atoms with Gasteiger partial charge in [0.15, 0.2) is 0 Å². The van der Waals surface area contributed by atoms with Crippen molar-refractivity contribution in [1.29, 1.82) is 0 Å². The molecule has 2 rings (SSSR count). The second-order valence-corrected chi connectivity index (χ2v) is 5.53. The first-order chi connectivity index (χ1) is 6.78. The highest BCUT2D eigenvalue weighted by molar-refractivity contribution is 8.00. The molecule has 0 aromatic carbocycles. The number of fused-ring (bicyclic) bond motifs is 2. The molecule has 78 valence electrons. The minimum absolute atomic E-state index is 0.159. The molecule has 0 radical (unpaired) electrons. The third-order valence-electron chi connectivity index (χ3n) is 2.78. The molecule has 2 aliphatic rings. The zero-order chi connectivity index (χ0) is 9.97. The van der Waals surface area contributed by atoms with Crippen molar-refractivity contribution in [3.8, 4) is 0 Å². The van der Waals surface area contributed by atoms with Crippen LogP contribution in [0.5, 0.6) is 0 Å². The number of allylic oxidation sites excluding steroid dienone is 1. The highest BCUT2D eigenvalue weighted by Crippen LogP contribution is 2.45. The van der Waals surface area contributed by atoms with Crippen LogP contribution in [0, 0.1) is 0 Å². The summed E-state index contributed by atoms with van der Waals surface area (Å²) in [5.74, 6) is -0.159. The summed E-state index contributed by atoms with van der Waals surface area (Å²) < 4.78 is 4.91. The molecule has 2 nitrogen and oxygen atoms in total. The van der Waals surface area contributed by atoms with Crippen LogP contribution in [0.3, 0.4) is 0 Å². The zero-order valence-corrected chi connectivity index (χ0v) is 9.31. The molecule has 2 fully saturated rings. The van der Waals surface area contributed by atoms with Crippen molar-refractivity contribution >= 4 is 17.7 Å². The number of rotatable bonds is 2. The monoisotopic (exact) mass is 212 g/mol. The van der Waals surface area contributed by atoms with Crippen LogP contribution in [0.2, 0.25) is 0 Å². The highest BCUT2D eigenvalue weighted by Gasteiger charge is 2.31. The Kier molecular flexibility index (Phi) is 3.16. The minimum Gasteiger partial charge on any atom is -0.463 e. The Morgan fingerprint density at radius 3 is 2.71 bits per heavy atom. The van der Waals surface area contributed by atoms with Gasteiger partial charge >= 0.3 is 5.97 Å². The van der Waals surface area contributed by atoms with Crippen molar-refractivity contribution in [3.05, 3.63) is 11.6 Å². The van der Waals surface area contributed by atoms with Gasteiger partial charge in [0.05, 0.1) is 6.61 Å². The average molecular weight is 212 g/mol. The predicted molar refractivity (Wildman–Crippen MR) is 58.4 cm³/mol. The normalized spacial score (nSPS) is 30.2. The summed E-state index contributed by atoms with van der Waals surface area (Å²) in [7, 11) is 0. The smallest absolute Gasteiger partial charge is 0.330 e. The highest BCUT2D eigenvalue weighted by atomic mass is 32.2. The Balaban J connectivity index is 1.95. The maximum Gasteiger partial charge on any atom is 0.330 e. The summed E-state index contributed by atoms with van der Waals surface area (Å²) in [4.78, 5) is 11.2. The van der Waals surface area contributed by atoms with Gasteiger partial charge in [0.25, 0.3) is 0 Å². The lowest BCUT2D eigenvalue weighted by Gasteiger charge is -2.20. The van der Waals surface area contributed by atoms with E-state index < -0.39 is 0 Å². The number of carbonyl (C=O) groups is 1. The molecule has 0 aliphatic carbocycles. The van der Waals surface area contributed by atoms with Crippen LogP contribution >= 0.6 is 11.8 Å². The zero-order valence-electron chi connectivity index (χ0n) is 8.49. The second kappa shape index (κ2) is 4.39. The molecule has 2 atom stereocenters. The standard InChI is InChI=1S/C11H16O2S/c1-2-13-11(12)7-8-5-9-3-4-10(6-8)14-9/h7,9-10H,2-6H2,1H3. The van der Waals surface area contributed by atoms with Crippen LogP contribution in [-0.4, -0.2) is 23.1 Å². The van der Waals surface area contributed by atoms with E-state index in [-0.39, 0.29) is 5.97 Å². The van der Waals surface area contributed by atoms with Crippen molar-refractivity contribution in [2.45, 2.75) is 43.1 Å². The molecule has 14 heavy (non-hydrogen) atoms. The molecular weight excluding hydrogens is 196 g/mol. The Bertz CT molecular complexity index is 246. The largest absolute Gasteiger partial charge is 0.463 e. The summed E-state index contributed by atoms with van der Waals surface area (Å²) in [6, 6.07) is 0. The molecule has 2 unspecified atom stereocenters. The van der Waals surface area contributed by atoms with Gasteiger partial charge in [-0.15, -0.1) is 0 Å². The van der Waals surface area contributed by atoms with E-state index >= 15 is 0 Å². The van der Waals surface area contributed by atoms with Crippen molar-refractivity contribution in [2.24, 2.45) is 0 Å². The van der Waals surface area contributed by atoms with Crippen LogP contribution in [-0.2, 0) is 9.53 Å². The lowest BCUT2D eigenvalue weighted by molar-refractivity contribution is -0.137. The van der Waals surface area contributed by atoms with E-state index in [0.717, 1.165) is 23.3 Å². The Morgan fingerprint density at radius 1 is 1.50 bits per heavy atom. The topological polar surface area (TPSA) is 26.3 Å². The molecule has 2 heterocycles. The number of hydrogen-bond donors (Lipinski definition) is 0. The first kappa shape index (κ1) is 10.1. The minimum atomic E-state index is -0.159. The van der Waals surface area contributed by atoms with Crippen LogP contribution in [0.25, 0.3) is 0 Å². The third-order valence-corrected chi connectivity index (χ3v) is 4.36. The van der Waals surface area contributed by atoms with E-state index in [0.29, 0.717) is 6.61 Å². The fourth-order valence-corrected chi connectivity index (χ4v) is 3.93. The van der Waals surface area contributed by atoms with Gasteiger partial charge in [-0.3, -0.25) is 0 Å². The number of hydrogen-bond acceptors (Lipinski definition) is 3. The predicted octanol–water partition coefficient (Wildman–Crippen LogP) is 2.53. The maximum absolute atomic E-state index is 11.2. The lowest BCUT2D eigenvalue weighted by Crippen LogP contribution is -2.11. The van der Waals surface area contributed by atoms with Gasteiger partial charge in [0.2, 0.25) is 0 Å². The number of esters is 1. The first-order valence-electron chi connectivity index (χ1n) is 5.29. The molecule has 2 aliphatic heterocycles. The third kappa shape index (κ3) is 2.32. The Labute approximate surface area is 89.1 Å². The molecular formula is C11H16O2S. The van der Waals surface area contributed by atoms with Crippen LogP contribution < -0.4 is 0 Å². The molecule has 0 saturated carbocycles. The van der Waals surface area contributed by atoms with Crippen molar-refractivity contribution in [1.82, 2.24) is 0 Å². The quantitative estimate of drug-likeness (QED) is 0.520. The summed E-state index contributed by atoms with van der Waals surface area (Å²) in [6.45, 7) is 2.32. The number of ether oxygens (including phenoxy) is 1. The van der Waals surface area contributed by atoms with Crippen molar-refractivity contribution in [2.75, 3.05) is 6.61 Å². The van der Waals surface area contributed by atoms with Crippen LogP contribution in [0.15, 0.2) is 11.6 Å². The van der Waals surface area contributed by atoms with E-state index in [1.54, 1.807) is 6.08 Å². The van der Waals surface area contributed by atoms with Gasteiger partial charge < -0.3 is 4.74 Å². The Hall–Kier alpha value is -0.440. The van der Waals surface area contributed by atoms with E-state index in [9.17, 15) is 4.79 Å². The van der Waals surface area contributed by atoms with Gasteiger partial charge in [0.1, 0.15) is 0 Å². The summed E-state index contributed by atoms with van der Waals surface area (Å²) in [5, 5.41) is 1.55. The lowest BCUT2D eigenvalue weighted by atomic mass is 10.1. The average Bonchev–Trinajstić information content (AvgIpc) is 2.46. The molecule has 2 saturated heterocycles.